The van der Waals surface area contributed by atoms with Crippen molar-refractivity contribution in [3.63, 3.8) is 0 Å². The van der Waals surface area contributed by atoms with Crippen LogP contribution < -0.4 is 4.90 Å². The molecular formula is C28H37N2O2+. The molecule has 0 aliphatic heterocycles. The largest absolute Gasteiger partial charge is 0.506 e. The van der Waals surface area contributed by atoms with Crippen LogP contribution in [0, 0.1) is 0 Å². The van der Waals surface area contributed by atoms with Gasteiger partial charge in [-0.2, -0.15) is 0 Å². The van der Waals surface area contributed by atoms with Gasteiger partial charge in [-0.3, -0.25) is 4.79 Å². The highest BCUT2D eigenvalue weighted by molar-refractivity contribution is 6.39. The number of hydrogen-bond donors (Lipinski definition) is 1. The molecule has 4 heteroatoms. The van der Waals surface area contributed by atoms with Crippen molar-refractivity contribution in [2.75, 3.05) is 31.1 Å². The van der Waals surface area contributed by atoms with Crippen molar-refractivity contribution in [1.29, 1.82) is 0 Å². The summed E-state index contributed by atoms with van der Waals surface area (Å²) >= 11 is 0. The first-order chi connectivity index (χ1) is 15.5. The molecule has 0 unspecified atom stereocenters. The number of carbonyl (C=O) groups is 1. The highest BCUT2D eigenvalue weighted by atomic mass is 16.3. The number of hydrogen-bond acceptors (Lipinski definition) is 3. The van der Waals surface area contributed by atoms with Crippen molar-refractivity contribution in [3.05, 3.63) is 71.0 Å². The minimum absolute atomic E-state index is 0.0825. The molecule has 1 N–H and O–H groups in total. The zero-order chi connectivity index (χ0) is 23.1. The lowest BCUT2D eigenvalue weighted by Crippen LogP contribution is -2.25. The Hall–Kier alpha value is -2.88. The lowest BCUT2D eigenvalue weighted by molar-refractivity contribution is -0.526. The molecule has 0 bridgehead atoms. The molecule has 0 spiro atoms. The van der Waals surface area contributed by atoms with Crippen molar-refractivity contribution in [2.45, 2.75) is 53.4 Å². The fourth-order valence-electron chi connectivity index (χ4n) is 4.44. The predicted molar refractivity (Wildman–Crippen MR) is 135 cm³/mol. The molecule has 0 atom stereocenters. The summed E-state index contributed by atoms with van der Waals surface area (Å²) in [5.41, 5.74) is 4.72. The topological polar surface area (TPSA) is 43.5 Å². The minimum Gasteiger partial charge on any atom is -0.506 e. The first-order valence-corrected chi connectivity index (χ1v) is 12.1. The molecule has 2 aliphatic rings. The summed E-state index contributed by atoms with van der Waals surface area (Å²) in [6.07, 6.45) is 12.4. The number of ketones is 1. The molecule has 0 fully saturated rings. The normalized spacial score (nSPS) is 15.5. The molecule has 0 aromatic heterocycles. The van der Waals surface area contributed by atoms with Crippen LogP contribution in [0.3, 0.4) is 0 Å². The van der Waals surface area contributed by atoms with Crippen LogP contribution in [0.15, 0.2) is 65.5 Å². The van der Waals surface area contributed by atoms with E-state index >= 15 is 0 Å². The molecule has 0 saturated heterocycles. The van der Waals surface area contributed by atoms with Crippen molar-refractivity contribution >= 4 is 22.8 Å². The molecule has 0 amide bonds. The molecule has 3 rings (SSSR count). The number of aliphatic hydroxyl groups is 1. The van der Waals surface area contributed by atoms with Crippen LogP contribution in [0.2, 0.25) is 0 Å². The molecule has 32 heavy (non-hydrogen) atoms. The highest BCUT2D eigenvalue weighted by Gasteiger charge is 2.36. The van der Waals surface area contributed by atoms with Gasteiger partial charge >= 0.3 is 0 Å². The van der Waals surface area contributed by atoms with Crippen molar-refractivity contribution in [2.24, 2.45) is 0 Å². The molecule has 1 aromatic rings. The second-order valence-electron chi connectivity index (χ2n) is 8.50. The van der Waals surface area contributed by atoms with Crippen LogP contribution in [0.4, 0.5) is 5.69 Å². The van der Waals surface area contributed by atoms with Crippen LogP contribution in [-0.2, 0) is 4.79 Å². The molecular weight excluding hydrogens is 396 g/mol. The van der Waals surface area contributed by atoms with E-state index < -0.39 is 0 Å². The van der Waals surface area contributed by atoms with Crippen molar-refractivity contribution < 1.29 is 14.5 Å². The van der Waals surface area contributed by atoms with Gasteiger partial charge < -0.3 is 10.0 Å². The van der Waals surface area contributed by atoms with E-state index in [1.54, 1.807) is 0 Å². The Balaban J connectivity index is 1.84. The molecule has 0 heterocycles. The first kappa shape index (κ1) is 23.8. The van der Waals surface area contributed by atoms with E-state index in [1.165, 1.54) is 0 Å². The van der Waals surface area contributed by atoms with Crippen molar-refractivity contribution in [1.82, 2.24) is 0 Å². The van der Waals surface area contributed by atoms with Gasteiger partial charge in [-0.1, -0.05) is 39.8 Å². The monoisotopic (exact) mass is 433 g/mol. The van der Waals surface area contributed by atoms with Crippen LogP contribution in [0.25, 0.3) is 5.57 Å². The number of allylic oxidation sites excluding steroid dienone is 7. The molecule has 0 radical (unpaired) electrons. The van der Waals surface area contributed by atoms with Gasteiger partial charge in [0, 0.05) is 43.8 Å². The minimum atomic E-state index is -0.0825. The Morgan fingerprint density at radius 1 is 0.781 bits per heavy atom. The van der Waals surface area contributed by atoms with Gasteiger partial charge in [0.1, 0.15) is 18.8 Å². The van der Waals surface area contributed by atoms with E-state index in [1.807, 2.05) is 24.3 Å². The zero-order valence-electron chi connectivity index (χ0n) is 20.0. The van der Waals surface area contributed by atoms with Gasteiger partial charge in [-0.15, -0.1) is 0 Å². The maximum Gasteiger partial charge on any atom is 0.201 e. The molecule has 170 valence electrons. The average Bonchev–Trinajstić information content (AvgIpc) is 2.80. The molecule has 4 nitrogen and oxygen atoms in total. The lowest BCUT2D eigenvalue weighted by Gasteiger charge is -2.26. The van der Waals surface area contributed by atoms with Gasteiger partial charge in [0.05, 0.1) is 11.1 Å². The molecule has 0 saturated carbocycles. The molecule has 1 aromatic carbocycles. The Kier molecular flexibility index (Phi) is 8.26. The standard InChI is InChI=1S/C28H36N2O2/c1-5-17-29(18-6-2)23-13-9-21(10-14-23)25-27(31)26(28(25)32)22-11-15-24(16-12-22)30(19-7-3)20-8-4/h9-16H,5-8,17-20H2,1-4H3/p+1. The van der Waals surface area contributed by atoms with E-state index in [2.05, 4.69) is 61.5 Å². The van der Waals surface area contributed by atoms with Crippen LogP contribution in [0.1, 0.15) is 58.9 Å². The number of nitrogens with zero attached hydrogens (tertiary/aromatic N) is 2. The summed E-state index contributed by atoms with van der Waals surface area (Å²) in [6.45, 7) is 12.8. The third-order valence-corrected chi connectivity index (χ3v) is 5.94. The summed E-state index contributed by atoms with van der Waals surface area (Å²) in [5, 5.41) is 10.7. The summed E-state index contributed by atoms with van der Waals surface area (Å²) in [6, 6.07) is 8.00. The third-order valence-electron chi connectivity index (χ3n) is 5.94. The third kappa shape index (κ3) is 4.95. The lowest BCUT2D eigenvalue weighted by atomic mass is 9.80. The van der Waals surface area contributed by atoms with E-state index in [0.717, 1.165) is 74.4 Å². The number of rotatable bonds is 10. The number of carbonyl (C=O) groups excluding carboxylic acids is 1. The van der Waals surface area contributed by atoms with Gasteiger partial charge in [0.2, 0.25) is 5.78 Å². The first-order valence-electron chi connectivity index (χ1n) is 12.1. The number of anilines is 1. The maximum atomic E-state index is 12.9. The van der Waals surface area contributed by atoms with Gasteiger partial charge in [-0.25, -0.2) is 4.58 Å². The number of aliphatic hydroxyl groups excluding tert-OH is 1. The summed E-state index contributed by atoms with van der Waals surface area (Å²) in [7, 11) is 0. The number of benzene rings is 1. The van der Waals surface area contributed by atoms with Gasteiger partial charge in [0.15, 0.2) is 5.71 Å². The highest BCUT2D eigenvalue weighted by Crippen LogP contribution is 2.39. The van der Waals surface area contributed by atoms with Crippen LogP contribution in [0.5, 0.6) is 0 Å². The average molecular weight is 434 g/mol. The quantitative estimate of drug-likeness (QED) is 0.371. The fourth-order valence-corrected chi connectivity index (χ4v) is 4.44. The van der Waals surface area contributed by atoms with Crippen LogP contribution >= 0.6 is 0 Å². The molecule has 2 aliphatic carbocycles. The summed E-state index contributed by atoms with van der Waals surface area (Å²) in [5.74, 6) is 0.0226. The second kappa shape index (κ2) is 11.1. The van der Waals surface area contributed by atoms with E-state index in [4.69, 9.17) is 0 Å². The summed E-state index contributed by atoms with van der Waals surface area (Å²) in [4.78, 5) is 15.3. The smallest absolute Gasteiger partial charge is 0.201 e. The van der Waals surface area contributed by atoms with E-state index in [-0.39, 0.29) is 11.5 Å². The summed E-state index contributed by atoms with van der Waals surface area (Å²) < 4.78 is 2.36. The Bertz CT molecular complexity index is 959. The Morgan fingerprint density at radius 3 is 1.81 bits per heavy atom. The Labute approximate surface area is 193 Å². The fraction of sp³-hybridized carbons (Fsp3) is 0.429. The van der Waals surface area contributed by atoms with E-state index in [9.17, 15) is 9.90 Å². The Morgan fingerprint density at radius 2 is 1.34 bits per heavy atom. The number of Topliss-reactive ketones (excluding diaryl/α,β-unsaturated/α-hetero) is 1. The zero-order valence-corrected chi connectivity index (χ0v) is 20.0. The SMILES string of the molecule is CCCN(CCC)c1ccc(C2=C(O)C(=C3C=CC(=[N+](CCC)CCC)C=C3)C2=O)cc1. The van der Waals surface area contributed by atoms with Gasteiger partial charge in [0.25, 0.3) is 0 Å². The van der Waals surface area contributed by atoms with E-state index in [0.29, 0.717) is 11.1 Å². The van der Waals surface area contributed by atoms with Gasteiger partial charge in [-0.05, 0) is 48.3 Å². The second-order valence-corrected chi connectivity index (χ2v) is 8.50. The van der Waals surface area contributed by atoms with Crippen molar-refractivity contribution in [3.8, 4) is 0 Å². The van der Waals surface area contributed by atoms with Crippen LogP contribution in [-0.4, -0.2) is 47.4 Å². The predicted octanol–water partition coefficient (Wildman–Crippen LogP) is 5.86. The maximum absolute atomic E-state index is 12.9.